The minimum atomic E-state index is -0.293. The number of nitrogens with zero attached hydrogens (tertiary/aromatic N) is 1. The first-order chi connectivity index (χ1) is 13.4. The molecule has 3 rings (SSSR count). The van der Waals surface area contributed by atoms with Crippen LogP contribution in [0.4, 0.5) is 5.69 Å². The van der Waals surface area contributed by atoms with E-state index in [0.717, 1.165) is 27.7 Å². The molecule has 4 heteroatoms. The van der Waals surface area contributed by atoms with Crippen molar-refractivity contribution in [1.82, 2.24) is 4.98 Å². The van der Waals surface area contributed by atoms with Crippen LogP contribution in [0.25, 0.3) is 10.9 Å². The van der Waals surface area contributed by atoms with E-state index in [4.69, 9.17) is 0 Å². The van der Waals surface area contributed by atoms with Gasteiger partial charge in [0.05, 0.1) is 11.2 Å². The molecule has 0 spiro atoms. The number of rotatable bonds is 2. The zero-order valence-corrected chi connectivity index (χ0v) is 18.3. The van der Waals surface area contributed by atoms with Crippen molar-refractivity contribution < 1.29 is 9.90 Å². The highest BCUT2D eigenvalue weighted by Crippen LogP contribution is 2.40. The lowest BCUT2D eigenvalue weighted by Crippen LogP contribution is -2.20. The van der Waals surface area contributed by atoms with E-state index in [1.54, 1.807) is 12.1 Å². The highest BCUT2D eigenvalue weighted by molar-refractivity contribution is 6.08. The maximum Gasteiger partial charge on any atom is 0.255 e. The topological polar surface area (TPSA) is 62.2 Å². The quantitative estimate of drug-likeness (QED) is 0.556. The minimum absolute atomic E-state index is 0.211. The van der Waals surface area contributed by atoms with Crippen molar-refractivity contribution in [3.05, 3.63) is 64.8 Å². The Hall–Kier alpha value is -2.88. The molecule has 3 aromatic rings. The van der Waals surface area contributed by atoms with Gasteiger partial charge in [0, 0.05) is 27.8 Å². The van der Waals surface area contributed by atoms with E-state index in [0.29, 0.717) is 11.3 Å². The third kappa shape index (κ3) is 4.26. The molecule has 4 nitrogen and oxygen atoms in total. The van der Waals surface area contributed by atoms with Gasteiger partial charge in [-0.05, 0) is 42.0 Å². The number of hydrogen-bond donors (Lipinski definition) is 2. The normalized spacial score (nSPS) is 12.2. The summed E-state index contributed by atoms with van der Waals surface area (Å²) in [4.78, 5) is 17.8. The van der Waals surface area contributed by atoms with Crippen molar-refractivity contribution in [2.45, 2.75) is 59.3 Å². The van der Waals surface area contributed by atoms with Crippen LogP contribution >= 0.6 is 0 Å². The number of nitrogens with one attached hydrogen (secondary N) is 1. The predicted octanol–water partition coefficient (Wildman–Crippen LogP) is 6.10. The number of aromatic hydroxyl groups is 1. The minimum Gasteiger partial charge on any atom is -0.507 e. The molecule has 2 N–H and O–H groups in total. The number of phenols is 1. The molecule has 0 saturated carbocycles. The number of anilines is 1. The van der Waals surface area contributed by atoms with Crippen LogP contribution in [0.1, 0.15) is 68.7 Å². The zero-order valence-electron chi connectivity index (χ0n) is 18.3. The summed E-state index contributed by atoms with van der Waals surface area (Å²) in [6.45, 7) is 14.1. The van der Waals surface area contributed by atoms with Crippen molar-refractivity contribution >= 4 is 22.5 Å². The molecule has 2 aromatic carbocycles. The zero-order chi connectivity index (χ0) is 21.6. The number of carbonyl (C=O) groups is 1. The molecule has 1 heterocycles. The van der Waals surface area contributed by atoms with Gasteiger partial charge in [-0.1, -0.05) is 59.7 Å². The second-order valence-corrected chi connectivity index (χ2v) is 9.70. The maximum atomic E-state index is 13.2. The number of fused-ring (bicyclic) bond motifs is 1. The lowest BCUT2D eigenvalue weighted by atomic mass is 9.78. The SMILES string of the molecule is Cc1ccc2cccc(NC(=O)c3cc(C(C)(C)C)c(O)c(C(C)(C)C)c3)c2n1. The van der Waals surface area contributed by atoms with Gasteiger partial charge < -0.3 is 10.4 Å². The fourth-order valence-electron chi connectivity index (χ4n) is 3.45. The van der Waals surface area contributed by atoms with Gasteiger partial charge in [-0.15, -0.1) is 0 Å². The van der Waals surface area contributed by atoms with Crippen molar-refractivity contribution in [2.24, 2.45) is 0 Å². The van der Waals surface area contributed by atoms with Gasteiger partial charge in [-0.3, -0.25) is 9.78 Å². The molecule has 0 unspecified atom stereocenters. The molecule has 0 aliphatic heterocycles. The van der Waals surface area contributed by atoms with Gasteiger partial charge in [-0.25, -0.2) is 0 Å². The largest absolute Gasteiger partial charge is 0.507 e. The summed E-state index contributed by atoms with van der Waals surface area (Å²) in [5.41, 5.74) is 3.82. The fraction of sp³-hybridized carbons (Fsp3) is 0.360. The average Bonchev–Trinajstić information content (AvgIpc) is 2.60. The van der Waals surface area contributed by atoms with E-state index < -0.39 is 0 Å². The second kappa shape index (κ2) is 7.18. The van der Waals surface area contributed by atoms with Crippen LogP contribution in [-0.4, -0.2) is 16.0 Å². The Morgan fingerprint density at radius 1 is 0.931 bits per heavy atom. The molecule has 0 fully saturated rings. The number of aromatic nitrogens is 1. The van der Waals surface area contributed by atoms with E-state index in [9.17, 15) is 9.90 Å². The van der Waals surface area contributed by atoms with Gasteiger partial charge in [0.25, 0.3) is 5.91 Å². The summed E-state index contributed by atoms with van der Waals surface area (Å²) in [6.07, 6.45) is 0. The van der Waals surface area contributed by atoms with Crippen molar-refractivity contribution in [3.63, 3.8) is 0 Å². The number of benzene rings is 2. The second-order valence-electron chi connectivity index (χ2n) is 9.70. The molecule has 0 aliphatic carbocycles. The Kier molecular flexibility index (Phi) is 5.16. The van der Waals surface area contributed by atoms with Gasteiger partial charge >= 0.3 is 0 Å². The van der Waals surface area contributed by atoms with Crippen LogP contribution in [0.5, 0.6) is 5.75 Å². The fourth-order valence-corrected chi connectivity index (χ4v) is 3.45. The summed E-state index contributed by atoms with van der Waals surface area (Å²) < 4.78 is 0. The first-order valence-electron chi connectivity index (χ1n) is 9.93. The average molecular weight is 391 g/mol. The molecule has 0 bridgehead atoms. The lowest BCUT2D eigenvalue weighted by molar-refractivity contribution is 0.102. The number of pyridine rings is 1. The summed E-state index contributed by atoms with van der Waals surface area (Å²) in [5, 5.41) is 14.9. The molecule has 152 valence electrons. The molecular weight excluding hydrogens is 360 g/mol. The number of carbonyl (C=O) groups excluding carboxylic acids is 1. The van der Waals surface area contributed by atoms with E-state index in [2.05, 4.69) is 10.3 Å². The Labute approximate surface area is 173 Å². The van der Waals surface area contributed by atoms with Crippen molar-refractivity contribution in [1.29, 1.82) is 0 Å². The van der Waals surface area contributed by atoms with Crippen LogP contribution in [0.15, 0.2) is 42.5 Å². The molecule has 0 radical (unpaired) electrons. The van der Waals surface area contributed by atoms with Crippen LogP contribution in [0.3, 0.4) is 0 Å². The number of amides is 1. The molecule has 1 aromatic heterocycles. The molecule has 29 heavy (non-hydrogen) atoms. The van der Waals surface area contributed by atoms with E-state index in [1.165, 1.54) is 0 Å². The van der Waals surface area contributed by atoms with Crippen LogP contribution < -0.4 is 5.32 Å². The first kappa shape index (κ1) is 20.8. The molecular formula is C25H30N2O2. The number of aryl methyl sites for hydroxylation is 1. The summed E-state index contributed by atoms with van der Waals surface area (Å²) in [7, 11) is 0. The van der Waals surface area contributed by atoms with Crippen LogP contribution in [0.2, 0.25) is 0 Å². The van der Waals surface area contributed by atoms with Gasteiger partial charge in [0.1, 0.15) is 5.75 Å². The van der Waals surface area contributed by atoms with Gasteiger partial charge in [-0.2, -0.15) is 0 Å². The number of phenolic OH excluding ortho intramolecular Hbond substituents is 1. The highest BCUT2D eigenvalue weighted by atomic mass is 16.3. The molecule has 0 aliphatic rings. The molecule has 0 saturated heterocycles. The Morgan fingerprint density at radius 3 is 2.07 bits per heavy atom. The monoisotopic (exact) mass is 390 g/mol. The van der Waals surface area contributed by atoms with Gasteiger partial charge in [0.15, 0.2) is 0 Å². The van der Waals surface area contributed by atoms with E-state index in [-0.39, 0.29) is 22.5 Å². The summed E-state index contributed by atoms with van der Waals surface area (Å²) in [5.74, 6) is 0.0563. The first-order valence-corrected chi connectivity index (χ1v) is 9.93. The van der Waals surface area contributed by atoms with Crippen LogP contribution in [0, 0.1) is 6.92 Å². The predicted molar refractivity (Wildman–Crippen MR) is 120 cm³/mol. The highest BCUT2D eigenvalue weighted by Gasteiger charge is 2.28. The Bertz CT molecular complexity index is 1050. The van der Waals surface area contributed by atoms with E-state index >= 15 is 0 Å². The summed E-state index contributed by atoms with van der Waals surface area (Å²) in [6, 6.07) is 13.3. The number of hydrogen-bond acceptors (Lipinski definition) is 3. The smallest absolute Gasteiger partial charge is 0.255 e. The van der Waals surface area contributed by atoms with Gasteiger partial charge in [0.2, 0.25) is 0 Å². The molecule has 0 atom stereocenters. The van der Waals surface area contributed by atoms with Crippen molar-refractivity contribution in [2.75, 3.05) is 5.32 Å². The lowest BCUT2D eigenvalue weighted by Gasteiger charge is -2.28. The third-order valence-electron chi connectivity index (χ3n) is 5.10. The number of para-hydroxylation sites is 1. The third-order valence-corrected chi connectivity index (χ3v) is 5.10. The molecule has 1 amide bonds. The maximum absolute atomic E-state index is 13.2. The summed E-state index contributed by atoms with van der Waals surface area (Å²) >= 11 is 0. The van der Waals surface area contributed by atoms with E-state index in [1.807, 2.05) is 78.8 Å². The Balaban J connectivity index is 2.10. The van der Waals surface area contributed by atoms with Crippen LogP contribution in [-0.2, 0) is 10.8 Å². The van der Waals surface area contributed by atoms with Crippen molar-refractivity contribution in [3.8, 4) is 5.75 Å². The Morgan fingerprint density at radius 2 is 1.52 bits per heavy atom. The standard InChI is InChI=1S/C25H30N2O2/c1-15-11-12-16-9-8-10-20(21(16)26-15)27-23(29)17-13-18(24(2,3)4)22(28)19(14-17)25(5,6)7/h8-14,28H,1-7H3,(H,27,29).